The van der Waals surface area contributed by atoms with Gasteiger partial charge in [-0.3, -0.25) is 4.79 Å². The van der Waals surface area contributed by atoms with Gasteiger partial charge in [-0.2, -0.15) is 0 Å². The smallest absolute Gasteiger partial charge is 0.330 e. The molecule has 0 aromatic carbocycles. The Hall–Kier alpha value is -0.900. The predicted octanol–water partition coefficient (Wildman–Crippen LogP) is 0.840. The highest BCUT2D eigenvalue weighted by Crippen LogP contribution is 2.04. The molecule has 0 unspecified atom stereocenters. The first-order chi connectivity index (χ1) is 5.97. The number of hydrogen-bond acceptors (Lipinski definition) is 4. The first kappa shape index (κ1) is 12.1. The van der Waals surface area contributed by atoms with Crippen LogP contribution in [0.15, 0.2) is 0 Å². The Morgan fingerprint density at radius 1 is 1.38 bits per heavy atom. The molecular formula is C9H17NO3. The van der Waals surface area contributed by atoms with Crippen LogP contribution in [0, 0.1) is 5.92 Å². The van der Waals surface area contributed by atoms with Crippen molar-refractivity contribution in [2.75, 3.05) is 0 Å². The molecule has 0 aliphatic carbocycles. The van der Waals surface area contributed by atoms with Gasteiger partial charge in [-0.05, 0) is 12.3 Å². The van der Waals surface area contributed by atoms with Gasteiger partial charge in [-0.1, -0.05) is 20.8 Å². The fraction of sp³-hybridized carbons (Fsp3) is 0.778. The predicted molar refractivity (Wildman–Crippen MR) is 48.8 cm³/mol. The van der Waals surface area contributed by atoms with Crippen LogP contribution >= 0.6 is 0 Å². The summed E-state index contributed by atoms with van der Waals surface area (Å²) < 4.78 is 4.46. The lowest BCUT2D eigenvalue weighted by Crippen LogP contribution is -2.34. The summed E-state index contributed by atoms with van der Waals surface area (Å²) in [4.78, 5) is 21.8. The lowest BCUT2D eigenvalue weighted by molar-refractivity contribution is -0.160. The monoisotopic (exact) mass is 187 g/mol. The average molecular weight is 187 g/mol. The maximum absolute atomic E-state index is 11.1. The molecule has 0 heterocycles. The highest BCUT2D eigenvalue weighted by Gasteiger charge is 2.18. The molecule has 0 fully saturated rings. The third kappa shape index (κ3) is 5.36. The van der Waals surface area contributed by atoms with Crippen LogP contribution < -0.4 is 5.73 Å². The molecule has 4 heteroatoms. The number of hydrogen-bond donors (Lipinski definition) is 1. The van der Waals surface area contributed by atoms with Gasteiger partial charge in [-0.15, -0.1) is 0 Å². The molecule has 0 aliphatic heterocycles. The highest BCUT2D eigenvalue weighted by molar-refractivity contribution is 5.88. The lowest BCUT2D eigenvalue weighted by atomic mass is 10.1. The normalized spacial score (nSPS) is 12.7. The van der Waals surface area contributed by atoms with Crippen LogP contribution in [-0.4, -0.2) is 18.0 Å². The number of esters is 2. The van der Waals surface area contributed by atoms with Gasteiger partial charge < -0.3 is 10.5 Å². The summed E-state index contributed by atoms with van der Waals surface area (Å²) in [6.45, 7) is 5.53. The van der Waals surface area contributed by atoms with E-state index in [1.807, 2.05) is 13.8 Å². The summed E-state index contributed by atoms with van der Waals surface area (Å²) in [7, 11) is 0. The van der Waals surface area contributed by atoms with Gasteiger partial charge >= 0.3 is 11.9 Å². The first-order valence-corrected chi connectivity index (χ1v) is 4.47. The zero-order valence-corrected chi connectivity index (χ0v) is 8.37. The fourth-order valence-corrected chi connectivity index (χ4v) is 0.864. The van der Waals surface area contributed by atoms with Crippen LogP contribution in [0.25, 0.3) is 0 Å². The summed E-state index contributed by atoms with van der Waals surface area (Å²) in [5.41, 5.74) is 5.49. The second-order valence-corrected chi connectivity index (χ2v) is 3.38. The van der Waals surface area contributed by atoms with Crippen molar-refractivity contribution in [3.05, 3.63) is 0 Å². The SMILES string of the molecule is CCC(=O)OC(=O)[C@@H](N)CC(C)C. The molecule has 76 valence electrons. The van der Waals surface area contributed by atoms with Crippen molar-refractivity contribution in [3.8, 4) is 0 Å². The van der Waals surface area contributed by atoms with E-state index in [1.165, 1.54) is 0 Å². The number of carbonyl (C=O) groups is 2. The van der Waals surface area contributed by atoms with Crippen molar-refractivity contribution in [1.82, 2.24) is 0 Å². The van der Waals surface area contributed by atoms with E-state index in [0.717, 1.165) is 0 Å². The van der Waals surface area contributed by atoms with Crippen molar-refractivity contribution in [2.45, 2.75) is 39.7 Å². The van der Waals surface area contributed by atoms with Crippen molar-refractivity contribution in [3.63, 3.8) is 0 Å². The van der Waals surface area contributed by atoms with Gasteiger partial charge in [0.2, 0.25) is 0 Å². The van der Waals surface area contributed by atoms with Gasteiger partial charge in [0, 0.05) is 6.42 Å². The van der Waals surface area contributed by atoms with Gasteiger partial charge in [0.1, 0.15) is 6.04 Å². The number of nitrogens with two attached hydrogens (primary N) is 1. The molecule has 0 saturated carbocycles. The average Bonchev–Trinajstić information content (AvgIpc) is 2.02. The molecule has 0 rings (SSSR count). The van der Waals surface area contributed by atoms with E-state index in [0.29, 0.717) is 12.3 Å². The Morgan fingerprint density at radius 3 is 2.31 bits per heavy atom. The first-order valence-electron chi connectivity index (χ1n) is 4.47. The third-order valence-electron chi connectivity index (χ3n) is 1.53. The van der Waals surface area contributed by atoms with Crippen LogP contribution in [0.2, 0.25) is 0 Å². The van der Waals surface area contributed by atoms with Gasteiger partial charge in [0.25, 0.3) is 0 Å². The van der Waals surface area contributed by atoms with Crippen LogP contribution in [0.5, 0.6) is 0 Å². The highest BCUT2D eigenvalue weighted by atomic mass is 16.6. The molecule has 4 nitrogen and oxygen atoms in total. The standard InChI is InChI=1S/C9H17NO3/c1-4-8(11)13-9(12)7(10)5-6(2)3/h6-7H,4-5,10H2,1-3H3/t7-/m0/s1. The molecule has 13 heavy (non-hydrogen) atoms. The Bertz CT molecular complexity index is 189. The maximum atomic E-state index is 11.1. The van der Waals surface area contributed by atoms with E-state index in [-0.39, 0.29) is 6.42 Å². The topological polar surface area (TPSA) is 69.4 Å². The lowest BCUT2D eigenvalue weighted by Gasteiger charge is -2.11. The summed E-state index contributed by atoms with van der Waals surface area (Å²) in [6.07, 6.45) is 0.732. The van der Waals surface area contributed by atoms with E-state index in [4.69, 9.17) is 5.73 Å². The summed E-state index contributed by atoms with van der Waals surface area (Å²) in [6, 6.07) is -0.685. The molecule has 0 radical (unpaired) electrons. The number of carbonyl (C=O) groups excluding carboxylic acids is 2. The Kier molecular flexibility index (Phi) is 5.30. The van der Waals surface area contributed by atoms with Crippen LogP contribution in [0.1, 0.15) is 33.6 Å². The second kappa shape index (κ2) is 5.70. The van der Waals surface area contributed by atoms with Gasteiger partial charge in [0.05, 0.1) is 0 Å². The van der Waals surface area contributed by atoms with Crippen molar-refractivity contribution < 1.29 is 14.3 Å². The molecule has 0 saturated heterocycles. The fourth-order valence-electron chi connectivity index (χ4n) is 0.864. The molecule has 0 bridgehead atoms. The molecule has 0 aromatic heterocycles. The van der Waals surface area contributed by atoms with Crippen molar-refractivity contribution >= 4 is 11.9 Å². The molecule has 0 aromatic rings. The number of ether oxygens (including phenoxy) is 1. The summed E-state index contributed by atoms with van der Waals surface area (Å²) >= 11 is 0. The number of rotatable bonds is 4. The summed E-state index contributed by atoms with van der Waals surface area (Å²) in [5.74, 6) is -0.830. The quantitative estimate of drug-likeness (QED) is 0.523. The zero-order chi connectivity index (χ0) is 10.4. The molecule has 0 amide bonds. The van der Waals surface area contributed by atoms with Crippen LogP contribution in [0.3, 0.4) is 0 Å². The maximum Gasteiger partial charge on any atom is 0.330 e. The molecule has 0 spiro atoms. The van der Waals surface area contributed by atoms with Crippen molar-refractivity contribution in [1.29, 1.82) is 0 Å². The Morgan fingerprint density at radius 2 is 1.92 bits per heavy atom. The second-order valence-electron chi connectivity index (χ2n) is 3.38. The minimum Gasteiger partial charge on any atom is -0.392 e. The molecule has 2 N–H and O–H groups in total. The van der Waals surface area contributed by atoms with Gasteiger partial charge in [0.15, 0.2) is 0 Å². The van der Waals surface area contributed by atoms with Gasteiger partial charge in [-0.25, -0.2) is 4.79 Å². The molecule has 1 atom stereocenters. The van der Waals surface area contributed by atoms with E-state index in [9.17, 15) is 9.59 Å². The third-order valence-corrected chi connectivity index (χ3v) is 1.53. The van der Waals surface area contributed by atoms with Crippen LogP contribution in [-0.2, 0) is 14.3 Å². The Labute approximate surface area is 78.4 Å². The Balaban J connectivity index is 3.89. The van der Waals surface area contributed by atoms with E-state index < -0.39 is 18.0 Å². The van der Waals surface area contributed by atoms with Crippen LogP contribution in [0.4, 0.5) is 0 Å². The van der Waals surface area contributed by atoms with E-state index in [1.54, 1.807) is 6.92 Å². The largest absolute Gasteiger partial charge is 0.392 e. The summed E-state index contributed by atoms with van der Waals surface area (Å²) in [5, 5.41) is 0. The molecular weight excluding hydrogens is 170 g/mol. The zero-order valence-electron chi connectivity index (χ0n) is 8.37. The minimum absolute atomic E-state index is 0.195. The van der Waals surface area contributed by atoms with Crippen molar-refractivity contribution in [2.24, 2.45) is 11.7 Å². The minimum atomic E-state index is -0.685. The van der Waals surface area contributed by atoms with E-state index >= 15 is 0 Å². The van der Waals surface area contributed by atoms with E-state index in [2.05, 4.69) is 4.74 Å². The molecule has 0 aliphatic rings.